The summed E-state index contributed by atoms with van der Waals surface area (Å²) in [6, 6.07) is 24.0. The normalized spacial score (nSPS) is 11.2. The molecule has 0 saturated heterocycles. The van der Waals surface area contributed by atoms with Crippen LogP contribution in [0.1, 0.15) is 53.5 Å². The molecule has 0 aliphatic heterocycles. The van der Waals surface area contributed by atoms with Gasteiger partial charge >= 0.3 is 0 Å². The van der Waals surface area contributed by atoms with Gasteiger partial charge in [-0.3, -0.25) is 9.78 Å². The van der Waals surface area contributed by atoms with Crippen LogP contribution in [0.25, 0.3) is 0 Å². The molecule has 0 bridgehead atoms. The number of benzene rings is 2. The number of thioether (sulfide) groups is 1. The Kier molecular flexibility index (Phi) is 8.56. The summed E-state index contributed by atoms with van der Waals surface area (Å²) in [5, 5.41) is 3.71. The first-order valence-electron chi connectivity index (χ1n) is 12.3. The van der Waals surface area contributed by atoms with Crippen LogP contribution in [0.5, 0.6) is 0 Å². The molecule has 0 radical (unpaired) electrons. The summed E-state index contributed by atoms with van der Waals surface area (Å²) in [5.74, 6) is 1.47. The lowest BCUT2D eigenvalue weighted by Gasteiger charge is -2.23. The Morgan fingerprint density at radius 3 is 2.35 bits per heavy atom. The van der Waals surface area contributed by atoms with Crippen molar-refractivity contribution in [3.8, 4) is 0 Å². The fourth-order valence-corrected chi connectivity index (χ4v) is 4.53. The number of hydrogen-bond acceptors (Lipinski definition) is 6. The molecular weight excluding hydrogens is 478 g/mol. The van der Waals surface area contributed by atoms with Crippen LogP contribution in [0.4, 0.5) is 5.82 Å². The van der Waals surface area contributed by atoms with Crippen LogP contribution in [0.15, 0.2) is 90.3 Å². The van der Waals surface area contributed by atoms with Gasteiger partial charge in [-0.05, 0) is 41.0 Å². The van der Waals surface area contributed by atoms with Crippen molar-refractivity contribution in [3.05, 3.63) is 113 Å². The lowest BCUT2D eigenvalue weighted by atomic mass is 9.92. The molecule has 0 aliphatic carbocycles. The quantitative estimate of drug-likeness (QED) is 0.219. The van der Waals surface area contributed by atoms with Gasteiger partial charge in [0.15, 0.2) is 5.16 Å². The van der Waals surface area contributed by atoms with Crippen LogP contribution in [0.3, 0.4) is 0 Å². The Morgan fingerprint density at radius 2 is 1.62 bits per heavy atom. The third-order valence-electron chi connectivity index (χ3n) is 5.87. The Labute approximate surface area is 223 Å². The zero-order valence-electron chi connectivity index (χ0n) is 21.8. The molecule has 0 saturated carbocycles. The van der Waals surface area contributed by atoms with Crippen molar-refractivity contribution in [3.63, 3.8) is 0 Å². The van der Waals surface area contributed by atoms with E-state index in [-0.39, 0.29) is 11.3 Å². The summed E-state index contributed by atoms with van der Waals surface area (Å²) in [5.41, 5.74) is 4.83. The van der Waals surface area contributed by atoms with Gasteiger partial charge in [0.05, 0.1) is 5.69 Å². The molecule has 2 heterocycles. The lowest BCUT2D eigenvalue weighted by Crippen LogP contribution is -2.22. The number of aromatic nitrogens is 3. The maximum Gasteiger partial charge on any atom is 0.251 e. The smallest absolute Gasteiger partial charge is 0.251 e. The van der Waals surface area contributed by atoms with Crippen molar-refractivity contribution in [2.24, 2.45) is 0 Å². The minimum absolute atomic E-state index is 0.0977. The molecule has 1 N–H and O–H groups in total. The van der Waals surface area contributed by atoms with Gasteiger partial charge in [-0.25, -0.2) is 9.97 Å². The second-order valence-corrected chi connectivity index (χ2v) is 11.0. The molecule has 1 amide bonds. The largest absolute Gasteiger partial charge is 0.355 e. The van der Waals surface area contributed by atoms with Gasteiger partial charge in [0.1, 0.15) is 5.82 Å². The highest BCUT2D eigenvalue weighted by molar-refractivity contribution is 7.98. The highest BCUT2D eigenvalue weighted by Gasteiger charge is 2.20. The fraction of sp³-hybridized carbons (Fsp3) is 0.267. The van der Waals surface area contributed by atoms with Gasteiger partial charge in [-0.1, -0.05) is 75.0 Å². The first-order chi connectivity index (χ1) is 17.8. The van der Waals surface area contributed by atoms with Crippen LogP contribution in [0, 0.1) is 0 Å². The average Bonchev–Trinajstić information content (AvgIpc) is 2.91. The van der Waals surface area contributed by atoms with Crippen LogP contribution >= 0.6 is 11.8 Å². The van der Waals surface area contributed by atoms with Gasteiger partial charge < -0.3 is 10.2 Å². The summed E-state index contributed by atoms with van der Waals surface area (Å²) in [6.07, 6.45) is 3.45. The molecule has 6 nitrogen and oxygen atoms in total. The van der Waals surface area contributed by atoms with Gasteiger partial charge in [-0.15, -0.1) is 0 Å². The number of nitrogens with one attached hydrogen (secondary N) is 1. The number of rotatable bonds is 9. The van der Waals surface area contributed by atoms with E-state index >= 15 is 0 Å². The summed E-state index contributed by atoms with van der Waals surface area (Å²) in [6.45, 7) is 7.73. The van der Waals surface area contributed by atoms with Crippen LogP contribution in [-0.2, 0) is 24.3 Å². The minimum atomic E-state index is -0.104. The van der Waals surface area contributed by atoms with E-state index in [0.717, 1.165) is 34.3 Å². The fourth-order valence-electron chi connectivity index (χ4n) is 3.73. The number of anilines is 1. The Hall–Kier alpha value is -3.71. The zero-order chi connectivity index (χ0) is 26.3. The van der Waals surface area contributed by atoms with E-state index < -0.39 is 0 Å². The molecule has 7 heteroatoms. The van der Waals surface area contributed by atoms with Crippen molar-refractivity contribution in [1.29, 1.82) is 0 Å². The molecule has 0 fully saturated rings. The highest BCUT2D eigenvalue weighted by Crippen LogP contribution is 2.28. The summed E-state index contributed by atoms with van der Waals surface area (Å²) in [7, 11) is 2.06. The van der Waals surface area contributed by atoms with Gasteiger partial charge in [0, 0.05) is 55.3 Å². The van der Waals surface area contributed by atoms with Crippen LogP contribution < -0.4 is 10.2 Å². The van der Waals surface area contributed by atoms with Gasteiger partial charge in [-0.2, -0.15) is 0 Å². The van der Waals surface area contributed by atoms with E-state index in [4.69, 9.17) is 9.97 Å². The number of carbonyl (C=O) groups excluding carboxylic acids is 1. The molecular formula is C30H33N5OS. The van der Waals surface area contributed by atoms with E-state index in [0.29, 0.717) is 17.9 Å². The second-order valence-electron chi connectivity index (χ2n) is 10.0. The van der Waals surface area contributed by atoms with E-state index in [9.17, 15) is 4.79 Å². The second kappa shape index (κ2) is 12.0. The maximum absolute atomic E-state index is 12.7. The number of pyridine rings is 1. The minimum Gasteiger partial charge on any atom is -0.355 e. The number of nitrogens with zero attached hydrogens (tertiary/aromatic N) is 4. The van der Waals surface area contributed by atoms with Crippen molar-refractivity contribution in [2.75, 3.05) is 11.9 Å². The SMILES string of the molecule is CN(Cc1ccccc1)c1cc(C(C)(C)C)nc(SCc2cccc(C(=O)NCc3ccncc3)c2)n1. The molecule has 0 aliphatic rings. The van der Waals surface area contributed by atoms with E-state index in [1.807, 2.05) is 42.5 Å². The molecule has 37 heavy (non-hydrogen) atoms. The first-order valence-corrected chi connectivity index (χ1v) is 13.3. The van der Waals surface area contributed by atoms with Crippen LogP contribution in [-0.4, -0.2) is 27.9 Å². The average molecular weight is 512 g/mol. The van der Waals surface area contributed by atoms with E-state index in [1.165, 1.54) is 5.56 Å². The zero-order valence-corrected chi connectivity index (χ0v) is 22.6. The molecule has 4 aromatic rings. The summed E-state index contributed by atoms with van der Waals surface area (Å²) >= 11 is 1.58. The molecule has 2 aromatic heterocycles. The monoisotopic (exact) mass is 511 g/mol. The third kappa shape index (κ3) is 7.64. The summed E-state index contributed by atoms with van der Waals surface area (Å²) in [4.78, 5) is 28.6. The summed E-state index contributed by atoms with van der Waals surface area (Å²) < 4.78 is 0. The molecule has 190 valence electrons. The van der Waals surface area contributed by atoms with E-state index in [1.54, 1.807) is 24.2 Å². The van der Waals surface area contributed by atoms with Gasteiger partial charge in [0.25, 0.3) is 5.91 Å². The number of hydrogen-bond donors (Lipinski definition) is 1. The predicted octanol–water partition coefficient (Wildman–Crippen LogP) is 6.03. The van der Waals surface area contributed by atoms with Crippen molar-refractivity contribution in [2.45, 2.75) is 50.2 Å². The Morgan fingerprint density at radius 1 is 0.892 bits per heavy atom. The van der Waals surface area contributed by atoms with Crippen molar-refractivity contribution in [1.82, 2.24) is 20.3 Å². The lowest BCUT2D eigenvalue weighted by molar-refractivity contribution is 0.0951. The van der Waals surface area contributed by atoms with Gasteiger partial charge in [0.2, 0.25) is 0 Å². The number of carbonyl (C=O) groups is 1. The van der Waals surface area contributed by atoms with Crippen molar-refractivity contribution >= 4 is 23.5 Å². The van der Waals surface area contributed by atoms with Crippen LogP contribution in [0.2, 0.25) is 0 Å². The van der Waals surface area contributed by atoms with E-state index in [2.05, 4.69) is 73.4 Å². The number of amides is 1. The predicted molar refractivity (Wildman–Crippen MR) is 151 cm³/mol. The third-order valence-corrected chi connectivity index (χ3v) is 6.79. The Balaban J connectivity index is 1.46. The topological polar surface area (TPSA) is 71.0 Å². The molecule has 4 rings (SSSR count). The molecule has 0 unspecified atom stereocenters. The molecule has 0 spiro atoms. The molecule has 0 atom stereocenters. The molecule has 2 aromatic carbocycles. The first kappa shape index (κ1) is 26.4. The maximum atomic E-state index is 12.7. The Bertz CT molecular complexity index is 1320. The van der Waals surface area contributed by atoms with Crippen molar-refractivity contribution < 1.29 is 4.79 Å². The standard InChI is InChI=1S/C30H33N5OS/c1-30(2,3)26-18-27(35(4)20-23-9-6-5-7-10-23)34-29(33-26)37-21-24-11-8-12-25(17-24)28(36)32-19-22-13-15-31-16-14-22/h5-18H,19-21H2,1-4H3,(H,32,36). The highest BCUT2D eigenvalue weighted by atomic mass is 32.2.